The lowest BCUT2D eigenvalue weighted by atomic mass is 10.1. The number of hydrogen-bond acceptors (Lipinski definition) is 7. The average molecular weight is 438 g/mol. The van der Waals surface area contributed by atoms with Crippen molar-refractivity contribution in [3.05, 3.63) is 65.5 Å². The van der Waals surface area contributed by atoms with Crippen molar-refractivity contribution < 1.29 is 19.4 Å². The molecule has 3 rings (SSSR count). The number of anilines is 1. The molecule has 0 amide bonds. The normalized spacial score (nSPS) is 11.0. The van der Waals surface area contributed by atoms with Gasteiger partial charge in [0.25, 0.3) is 5.82 Å². The van der Waals surface area contributed by atoms with Crippen molar-refractivity contribution in [3.63, 3.8) is 0 Å². The summed E-state index contributed by atoms with van der Waals surface area (Å²) in [6.45, 7) is 6.81. The number of tetrazole rings is 1. The molecule has 32 heavy (non-hydrogen) atoms. The van der Waals surface area contributed by atoms with E-state index in [9.17, 15) is 4.79 Å². The SMILES string of the molecule is CCN(CC)c1ccc(/C=C/COc2ccc(Cn3nnnc3C(=O)O)cc2)c(OC)c1. The smallest absolute Gasteiger partial charge is 0.375 e. The molecule has 0 saturated carbocycles. The van der Waals surface area contributed by atoms with Gasteiger partial charge in [0.1, 0.15) is 18.1 Å². The van der Waals surface area contributed by atoms with Gasteiger partial charge in [0.15, 0.2) is 0 Å². The zero-order valence-corrected chi connectivity index (χ0v) is 18.4. The summed E-state index contributed by atoms with van der Waals surface area (Å²) in [5, 5.41) is 19.7. The fourth-order valence-electron chi connectivity index (χ4n) is 3.27. The first-order valence-electron chi connectivity index (χ1n) is 10.4. The number of nitrogens with zero attached hydrogens (tertiary/aromatic N) is 5. The van der Waals surface area contributed by atoms with E-state index < -0.39 is 5.97 Å². The molecule has 168 valence electrons. The van der Waals surface area contributed by atoms with E-state index in [-0.39, 0.29) is 12.4 Å². The number of rotatable bonds is 11. The van der Waals surface area contributed by atoms with Gasteiger partial charge in [-0.25, -0.2) is 9.48 Å². The Kier molecular flexibility index (Phi) is 7.80. The van der Waals surface area contributed by atoms with Gasteiger partial charge in [-0.2, -0.15) is 0 Å². The third kappa shape index (κ3) is 5.63. The van der Waals surface area contributed by atoms with Gasteiger partial charge >= 0.3 is 5.97 Å². The second-order valence-electron chi connectivity index (χ2n) is 6.92. The summed E-state index contributed by atoms with van der Waals surface area (Å²) in [6.07, 6.45) is 3.91. The van der Waals surface area contributed by atoms with Crippen LogP contribution >= 0.6 is 0 Å². The van der Waals surface area contributed by atoms with Crippen LogP contribution < -0.4 is 14.4 Å². The van der Waals surface area contributed by atoms with E-state index in [1.54, 1.807) is 7.11 Å². The topological polar surface area (TPSA) is 103 Å². The van der Waals surface area contributed by atoms with E-state index in [0.29, 0.717) is 12.4 Å². The minimum absolute atomic E-state index is 0.198. The highest BCUT2D eigenvalue weighted by molar-refractivity contribution is 5.83. The Morgan fingerprint density at radius 1 is 1.16 bits per heavy atom. The highest BCUT2D eigenvalue weighted by Gasteiger charge is 2.13. The molecule has 0 atom stereocenters. The minimum atomic E-state index is -1.17. The molecule has 3 aromatic rings. The van der Waals surface area contributed by atoms with Crippen LogP contribution in [0, 0.1) is 0 Å². The summed E-state index contributed by atoms with van der Waals surface area (Å²) in [7, 11) is 1.67. The van der Waals surface area contributed by atoms with Crippen LogP contribution in [0.5, 0.6) is 11.5 Å². The number of aromatic carboxylic acids is 1. The molecule has 0 unspecified atom stereocenters. The molecule has 1 N–H and O–H groups in total. The van der Waals surface area contributed by atoms with Crippen LogP contribution in [0.15, 0.2) is 48.5 Å². The van der Waals surface area contributed by atoms with E-state index in [0.717, 1.165) is 35.7 Å². The standard InChI is InChI=1S/C23H27N5O4/c1-4-27(5-2)19-11-10-18(21(15-19)31-3)7-6-14-32-20-12-8-17(9-13-20)16-28-22(23(29)30)24-25-26-28/h6-13,15H,4-5,14,16H2,1-3H3,(H,29,30)/b7-6+. The summed E-state index contributed by atoms with van der Waals surface area (Å²) >= 11 is 0. The molecule has 9 nitrogen and oxygen atoms in total. The van der Waals surface area contributed by atoms with Gasteiger partial charge in [0.05, 0.1) is 13.7 Å². The van der Waals surface area contributed by atoms with Crippen molar-refractivity contribution in [1.82, 2.24) is 20.2 Å². The number of aromatic nitrogens is 4. The van der Waals surface area contributed by atoms with E-state index in [1.165, 1.54) is 4.68 Å². The molecule has 1 aromatic heterocycles. The Bertz CT molecular complexity index is 1060. The van der Waals surface area contributed by atoms with Crippen LogP contribution in [0.4, 0.5) is 5.69 Å². The van der Waals surface area contributed by atoms with Crippen LogP contribution in [0.1, 0.15) is 35.6 Å². The lowest BCUT2D eigenvalue weighted by Crippen LogP contribution is -2.21. The van der Waals surface area contributed by atoms with Crippen molar-refractivity contribution in [2.45, 2.75) is 20.4 Å². The number of benzene rings is 2. The van der Waals surface area contributed by atoms with Crippen molar-refractivity contribution >= 4 is 17.7 Å². The number of carbonyl (C=O) groups is 1. The van der Waals surface area contributed by atoms with Crippen LogP contribution in [-0.4, -0.2) is 58.1 Å². The van der Waals surface area contributed by atoms with E-state index >= 15 is 0 Å². The van der Waals surface area contributed by atoms with Gasteiger partial charge < -0.3 is 19.5 Å². The minimum Gasteiger partial charge on any atom is -0.496 e. The Morgan fingerprint density at radius 3 is 2.56 bits per heavy atom. The number of ether oxygens (including phenoxy) is 2. The molecule has 0 fully saturated rings. The lowest BCUT2D eigenvalue weighted by molar-refractivity contribution is 0.0677. The molecular formula is C23H27N5O4. The number of carboxylic acids is 1. The van der Waals surface area contributed by atoms with Crippen LogP contribution in [0.3, 0.4) is 0 Å². The van der Waals surface area contributed by atoms with Gasteiger partial charge in [-0.3, -0.25) is 0 Å². The van der Waals surface area contributed by atoms with Crippen molar-refractivity contribution in [2.75, 3.05) is 31.7 Å². The molecule has 0 radical (unpaired) electrons. The molecule has 0 spiro atoms. The third-order valence-electron chi connectivity index (χ3n) is 4.97. The summed E-state index contributed by atoms with van der Waals surface area (Å²) in [6, 6.07) is 13.5. The zero-order chi connectivity index (χ0) is 22.9. The van der Waals surface area contributed by atoms with Crippen LogP contribution in [-0.2, 0) is 6.54 Å². The number of carboxylic acid groups (broad SMARTS) is 1. The Labute approximate surface area is 186 Å². The Balaban J connectivity index is 1.57. The molecule has 1 heterocycles. The van der Waals surface area contributed by atoms with Gasteiger partial charge in [-0.05, 0) is 60.2 Å². The maximum absolute atomic E-state index is 11.1. The predicted molar refractivity (Wildman–Crippen MR) is 121 cm³/mol. The summed E-state index contributed by atoms with van der Waals surface area (Å²) < 4.78 is 12.6. The molecule has 0 aliphatic carbocycles. The molecule has 0 aliphatic rings. The van der Waals surface area contributed by atoms with Gasteiger partial charge in [-0.1, -0.05) is 18.2 Å². The number of methoxy groups -OCH3 is 1. The van der Waals surface area contributed by atoms with Gasteiger partial charge in [0, 0.05) is 30.4 Å². The lowest BCUT2D eigenvalue weighted by Gasteiger charge is -2.22. The van der Waals surface area contributed by atoms with E-state index in [1.807, 2.05) is 48.6 Å². The van der Waals surface area contributed by atoms with Crippen LogP contribution in [0.25, 0.3) is 6.08 Å². The second-order valence-corrected chi connectivity index (χ2v) is 6.92. The zero-order valence-electron chi connectivity index (χ0n) is 18.4. The summed E-state index contributed by atoms with van der Waals surface area (Å²) in [5.74, 6) is 0.160. The van der Waals surface area contributed by atoms with Crippen molar-refractivity contribution in [2.24, 2.45) is 0 Å². The second kappa shape index (κ2) is 10.9. The molecular weight excluding hydrogens is 410 g/mol. The molecule has 9 heteroatoms. The summed E-state index contributed by atoms with van der Waals surface area (Å²) in [5.41, 5.74) is 2.98. The first-order valence-corrected chi connectivity index (χ1v) is 10.4. The average Bonchev–Trinajstić information content (AvgIpc) is 3.27. The fraction of sp³-hybridized carbons (Fsp3) is 0.304. The maximum Gasteiger partial charge on any atom is 0.375 e. The Morgan fingerprint density at radius 2 is 1.91 bits per heavy atom. The molecule has 2 aromatic carbocycles. The third-order valence-corrected chi connectivity index (χ3v) is 4.97. The van der Waals surface area contributed by atoms with Crippen molar-refractivity contribution in [1.29, 1.82) is 0 Å². The Hall–Kier alpha value is -3.88. The van der Waals surface area contributed by atoms with Gasteiger partial charge in [0.2, 0.25) is 0 Å². The van der Waals surface area contributed by atoms with E-state index in [4.69, 9.17) is 14.6 Å². The highest BCUT2D eigenvalue weighted by Crippen LogP contribution is 2.26. The molecule has 0 bridgehead atoms. The van der Waals surface area contributed by atoms with Crippen molar-refractivity contribution in [3.8, 4) is 11.5 Å². The number of hydrogen-bond donors (Lipinski definition) is 1. The predicted octanol–water partition coefficient (Wildman–Crippen LogP) is 3.37. The first-order chi connectivity index (χ1) is 15.5. The first kappa shape index (κ1) is 22.8. The van der Waals surface area contributed by atoms with Gasteiger partial charge in [-0.15, -0.1) is 5.10 Å². The highest BCUT2D eigenvalue weighted by atomic mass is 16.5. The quantitative estimate of drug-likeness (QED) is 0.487. The molecule has 0 aliphatic heterocycles. The summed E-state index contributed by atoms with van der Waals surface area (Å²) in [4.78, 5) is 13.4. The fourth-order valence-corrected chi connectivity index (χ4v) is 3.27. The largest absolute Gasteiger partial charge is 0.496 e. The molecule has 0 saturated heterocycles. The maximum atomic E-state index is 11.1. The van der Waals surface area contributed by atoms with Crippen LogP contribution in [0.2, 0.25) is 0 Å². The monoisotopic (exact) mass is 437 g/mol. The van der Waals surface area contributed by atoms with E-state index in [2.05, 4.69) is 40.3 Å².